The molecule has 0 saturated heterocycles. The maximum atomic E-state index is 12.4. The third-order valence-corrected chi connectivity index (χ3v) is 5.25. The van der Waals surface area contributed by atoms with Crippen LogP contribution in [0.15, 0.2) is 52.7 Å². The molecule has 2 N–H and O–H groups in total. The fraction of sp³-hybridized carbons (Fsp3) is 0.227. The van der Waals surface area contributed by atoms with Crippen LogP contribution in [0.5, 0.6) is 0 Å². The zero-order chi connectivity index (χ0) is 22.4. The summed E-state index contributed by atoms with van der Waals surface area (Å²) in [6, 6.07) is 12.8. The van der Waals surface area contributed by atoms with Crippen molar-refractivity contribution >= 4 is 29.8 Å². The van der Waals surface area contributed by atoms with E-state index in [2.05, 4.69) is 25.9 Å². The first-order chi connectivity index (χ1) is 14.8. The molecule has 0 fully saturated rings. The second kappa shape index (κ2) is 10.0. The molecule has 3 aromatic rings. The van der Waals surface area contributed by atoms with Crippen LogP contribution in [0.1, 0.15) is 38.7 Å². The van der Waals surface area contributed by atoms with Gasteiger partial charge in [0.05, 0.1) is 12.0 Å². The number of rotatable bonds is 7. The van der Waals surface area contributed by atoms with Gasteiger partial charge in [-0.3, -0.25) is 19.7 Å². The molecule has 3 rings (SSSR count). The van der Waals surface area contributed by atoms with Crippen LogP contribution in [0, 0.1) is 27.7 Å². The highest BCUT2D eigenvalue weighted by atomic mass is 32.2. The van der Waals surface area contributed by atoms with Gasteiger partial charge >= 0.3 is 0 Å². The number of thioether (sulfide) groups is 1. The van der Waals surface area contributed by atoms with Crippen molar-refractivity contribution in [3.63, 3.8) is 0 Å². The summed E-state index contributed by atoms with van der Waals surface area (Å²) in [4.78, 5) is 33.1. The van der Waals surface area contributed by atoms with E-state index in [1.54, 1.807) is 23.0 Å². The molecule has 0 saturated carbocycles. The molecule has 0 aliphatic heterocycles. The van der Waals surface area contributed by atoms with E-state index >= 15 is 0 Å². The van der Waals surface area contributed by atoms with E-state index in [9.17, 15) is 9.59 Å². The average molecular weight is 437 g/mol. The molecule has 0 unspecified atom stereocenters. The summed E-state index contributed by atoms with van der Waals surface area (Å²) < 4.78 is 1.70. The molecular weight excluding hydrogens is 412 g/mol. The number of carbonyl (C=O) groups is 2. The van der Waals surface area contributed by atoms with E-state index < -0.39 is 0 Å². The van der Waals surface area contributed by atoms with Crippen LogP contribution in [-0.2, 0) is 4.79 Å². The van der Waals surface area contributed by atoms with Gasteiger partial charge < -0.3 is 0 Å². The first-order valence-electron chi connectivity index (χ1n) is 9.66. The lowest BCUT2D eigenvalue weighted by Gasteiger charge is -2.11. The van der Waals surface area contributed by atoms with Crippen LogP contribution < -0.4 is 10.9 Å². The zero-order valence-electron chi connectivity index (χ0n) is 17.8. The SMILES string of the molecule is Cc1cc(C)nc(SCC(=O)N/N=C\c2cc(C)n(NC(=O)c3ccccc3)c2C)n1. The molecule has 0 spiro atoms. The predicted molar refractivity (Wildman–Crippen MR) is 122 cm³/mol. The number of hydrazone groups is 1. The molecular formula is C22H24N6O2S. The molecule has 160 valence electrons. The number of hydrogen-bond acceptors (Lipinski definition) is 6. The van der Waals surface area contributed by atoms with Gasteiger partial charge in [-0.15, -0.1) is 0 Å². The molecule has 0 radical (unpaired) electrons. The number of nitrogens with one attached hydrogen (secondary N) is 2. The summed E-state index contributed by atoms with van der Waals surface area (Å²) >= 11 is 1.26. The van der Waals surface area contributed by atoms with Crippen LogP contribution in [0.2, 0.25) is 0 Å². The molecule has 0 aliphatic rings. The van der Waals surface area contributed by atoms with Gasteiger partial charge in [0.15, 0.2) is 5.16 Å². The summed E-state index contributed by atoms with van der Waals surface area (Å²) in [5.74, 6) is -0.299. The Morgan fingerprint density at radius 2 is 1.74 bits per heavy atom. The first kappa shape index (κ1) is 22.2. The lowest BCUT2D eigenvalue weighted by molar-refractivity contribution is -0.118. The Morgan fingerprint density at radius 1 is 1.06 bits per heavy atom. The molecule has 9 heteroatoms. The topological polar surface area (TPSA) is 101 Å². The van der Waals surface area contributed by atoms with Crippen molar-refractivity contribution < 1.29 is 9.59 Å². The van der Waals surface area contributed by atoms with Crippen molar-refractivity contribution in [3.8, 4) is 0 Å². The number of amides is 2. The van der Waals surface area contributed by atoms with Gasteiger partial charge in [0, 0.05) is 33.9 Å². The Bertz CT molecular complexity index is 1100. The normalized spacial score (nSPS) is 11.0. The minimum atomic E-state index is -0.254. The third kappa shape index (κ3) is 6.02. The number of aryl methyl sites for hydroxylation is 3. The van der Waals surface area contributed by atoms with Crippen molar-refractivity contribution in [3.05, 3.63) is 76.4 Å². The molecule has 0 aliphatic carbocycles. The number of hydrogen-bond donors (Lipinski definition) is 2. The maximum absolute atomic E-state index is 12.4. The monoisotopic (exact) mass is 436 g/mol. The average Bonchev–Trinajstić information content (AvgIpc) is 3.00. The van der Waals surface area contributed by atoms with Crippen LogP contribution in [0.4, 0.5) is 0 Å². The first-order valence-corrected chi connectivity index (χ1v) is 10.6. The van der Waals surface area contributed by atoms with E-state index in [-0.39, 0.29) is 17.6 Å². The van der Waals surface area contributed by atoms with E-state index in [1.165, 1.54) is 11.8 Å². The van der Waals surface area contributed by atoms with Gasteiger partial charge in [0.2, 0.25) is 0 Å². The lowest BCUT2D eigenvalue weighted by atomic mass is 10.2. The number of carbonyl (C=O) groups excluding carboxylic acids is 2. The van der Waals surface area contributed by atoms with Crippen LogP contribution in [-0.4, -0.2) is 38.4 Å². The smallest absolute Gasteiger partial charge is 0.270 e. The van der Waals surface area contributed by atoms with Crippen molar-refractivity contribution in [1.82, 2.24) is 20.1 Å². The Kier molecular flexibility index (Phi) is 7.19. The van der Waals surface area contributed by atoms with Crippen LogP contribution in [0.25, 0.3) is 0 Å². The summed E-state index contributed by atoms with van der Waals surface area (Å²) in [7, 11) is 0. The lowest BCUT2D eigenvalue weighted by Crippen LogP contribution is -2.24. The van der Waals surface area contributed by atoms with Crippen LogP contribution >= 0.6 is 11.8 Å². The molecule has 31 heavy (non-hydrogen) atoms. The zero-order valence-corrected chi connectivity index (χ0v) is 18.7. The van der Waals surface area contributed by atoms with Crippen molar-refractivity contribution in [1.29, 1.82) is 0 Å². The number of benzene rings is 1. The Labute approximate surface area is 185 Å². The molecule has 2 amide bonds. The van der Waals surface area contributed by atoms with E-state index in [0.717, 1.165) is 28.3 Å². The predicted octanol–water partition coefficient (Wildman–Crippen LogP) is 3.14. The van der Waals surface area contributed by atoms with E-state index in [4.69, 9.17) is 0 Å². The van der Waals surface area contributed by atoms with Gasteiger partial charge in [-0.1, -0.05) is 30.0 Å². The molecule has 8 nitrogen and oxygen atoms in total. The van der Waals surface area contributed by atoms with Crippen molar-refractivity contribution in [2.45, 2.75) is 32.9 Å². The fourth-order valence-corrected chi connectivity index (χ4v) is 3.68. The van der Waals surface area contributed by atoms with Gasteiger partial charge in [-0.25, -0.2) is 15.4 Å². The van der Waals surface area contributed by atoms with Gasteiger partial charge in [0.25, 0.3) is 11.8 Å². The third-order valence-electron chi connectivity index (χ3n) is 4.41. The van der Waals surface area contributed by atoms with Crippen LogP contribution in [0.3, 0.4) is 0 Å². The molecule has 2 heterocycles. The molecule has 0 atom stereocenters. The summed E-state index contributed by atoms with van der Waals surface area (Å²) in [6.07, 6.45) is 1.56. The van der Waals surface area contributed by atoms with Gasteiger partial charge in [0.1, 0.15) is 0 Å². The highest BCUT2D eigenvalue weighted by Gasteiger charge is 2.12. The Balaban J connectivity index is 1.57. The molecule has 0 bridgehead atoms. The minimum absolute atomic E-state index is 0.159. The summed E-state index contributed by atoms with van der Waals surface area (Å²) in [5, 5.41) is 4.60. The van der Waals surface area contributed by atoms with Gasteiger partial charge in [-0.2, -0.15) is 5.10 Å². The highest BCUT2D eigenvalue weighted by Crippen LogP contribution is 2.14. The largest absolute Gasteiger partial charge is 0.272 e. The maximum Gasteiger partial charge on any atom is 0.270 e. The standard InChI is InChI=1S/C22H24N6O2S/c1-14-10-15(2)25-22(24-14)31-13-20(29)26-23-12-19-11-16(3)28(17(19)4)27-21(30)18-8-6-5-7-9-18/h5-12H,13H2,1-4H3,(H,26,29)(H,27,30)/b23-12-. The number of nitrogens with zero attached hydrogens (tertiary/aromatic N) is 4. The summed E-state index contributed by atoms with van der Waals surface area (Å²) in [5.41, 5.74) is 10.1. The molecule has 1 aromatic carbocycles. The quantitative estimate of drug-likeness (QED) is 0.256. The van der Waals surface area contributed by atoms with Crippen molar-refractivity contribution in [2.24, 2.45) is 5.10 Å². The van der Waals surface area contributed by atoms with E-state index in [1.807, 2.05) is 58.0 Å². The summed E-state index contributed by atoms with van der Waals surface area (Å²) in [6.45, 7) is 7.53. The Morgan fingerprint density at radius 3 is 2.42 bits per heavy atom. The van der Waals surface area contributed by atoms with Crippen molar-refractivity contribution in [2.75, 3.05) is 11.2 Å². The fourth-order valence-electron chi connectivity index (χ4n) is 2.94. The van der Waals surface area contributed by atoms with E-state index in [0.29, 0.717) is 10.7 Å². The second-order valence-electron chi connectivity index (χ2n) is 6.98. The Hall–Kier alpha value is -3.46. The minimum Gasteiger partial charge on any atom is -0.272 e. The number of aromatic nitrogens is 3. The van der Waals surface area contributed by atoms with Gasteiger partial charge in [-0.05, 0) is 52.0 Å². The second-order valence-corrected chi connectivity index (χ2v) is 7.93. The molecule has 2 aromatic heterocycles. The highest BCUT2D eigenvalue weighted by molar-refractivity contribution is 7.99.